The minimum Gasteiger partial charge on any atom is -0.489 e. The van der Waals surface area contributed by atoms with Crippen LogP contribution in [-0.4, -0.2) is 37.3 Å². The standard InChI is InChI=1S/C36H33F4NO3S/c1-36(39,40)32-20-25(38)8-14-30(32)35-34(31-15-13-28(21-33(31)45-35)42-23-24-6-3-2-4-7-24)44-27-11-9-26(10-12-27)43-29-16-19-41(22-29)18-5-17-37/h2-4,6-15,20-21,29H,5,16-19,22-23H2,1H3. The van der Waals surface area contributed by atoms with Crippen molar-refractivity contribution in [2.24, 2.45) is 0 Å². The van der Waals surface area contributed by atoms with Gasteiger partial charge in [-0.05, 0) is 73.0 Å². The first-order valence-electron chi connectivity index (χ1n) is 14.9. The number of alkyl halides is 3. The smallest absolute Gasteiger partial charge is 0.271 e. The highest BCUT2D eigenvalue weighted by atomic mass is 32.1. The van der Waals surface area contributed by atoms with Gasteiger partial charge in [0, 0.05) is 47.8 Å². The van der Waals surface area contributed by atoms with Gasteiger partial charge in [-0.15, -0.1) is 11.3 Å². The molecule has 1 fully saturated rings. The first-order valence-corrected chi connectivity index (χ1v) is 15.7. The van der Waals surface area contributed by atoms with Crippen LogP contribution in [0.5, 0.6) is 23.0 Å². The highest BCUT2D eigenvalue weighted by molar-refractivity contribution is 7.22. The Morgan fingerprint density at radius 1 is 0.911 bits per heavy atom. The fourth-order valence-corrected chi connectivity index (χ4v) is 6.71. The van der Waals surface area contributed by atoms with Gasteiger partial charge >= 0.3 is 0 Å². The van der Waals surface area contributed by atoms with E-state index >= 15 is 0 Å². The molecular formula is C36H33F4NO3S. The molecule has 2 heterocycles. The number of halogens is 4. The van der Waals surface area contributed by atoms with Crippen LogP contribution in [0.3, 0.4) is 0 Å². The lowest BCUT2D eigenvalue weighted by atomic mass is 10.00. The van der Waals surface area contributed by atoms with E-state index in [-0.39, 0.29) is 18.3 Å². The first kappa shape index (κ1) is 30.9. The number of hydrogen-bond donors (Lipinski definition) is 0. The van der Waals surface area contributed by atoms with Gasteiger partial charge in [-0.1, -0.05) is 36.4 Å². The van der Waals surface area contributed by atoms with Crippen molar-refractivity contribution in [3.05, 3.63) is 108 Å². The molecule has 4 nitrogen and oxygen atoms in total. The summed E-state index contributed by atoms with van der Waals surface area (Å²) in [5, 5.41) is 0.719. The van der Waals surface area contributed by atoms with Crippen molar-refractivity contribution in [1.29, 1.82) is 0 Å². The average Bonchev–Trinajstić information content (AvgIpc) is 3.63. The fourth-order valence-electron chi connectivity index (χ4n) is 5.52. The van der Waals surface area contributed by atoms with Gasteiger partial charge in [0.15, 0.2) is 5.75 Å². The normalized spacial score (nSPS) is 15.4. The van der Waals surface area contributed by atoms with E-state index < -0.39 is 17.3 Å². The van der Waals surface area contributed by atoms with E-state index in [9.17, 15) is 17.6 Å². The third-order valence-electron chi connectivity index (χ3n) is 7.75. The zero-order valence-electron chi connectivity index (χ0n) is 24.8. The number of nitrogens with zero attached hydrogens (tertiary/aromatic N) is 1. The minimum atomic E-state index is -3.28. The molecule has 234 valence electrons. The van der Waals surface area contributed by atoms with Crippen molar-refractivity contribution >= 4 is 21.4 Å². The number of fused-ring (bicyclic) bond motifs is 1. The quantitative estimate of drug-likeness (QED) is 0.128. The van der Waals surface area contributed by atoms with Gasteiger partial charge in [0.2, 0.25) is 0 Å². The highest BCUT2D eigenvalue weighted by Gasteiger charge is 2.31. The molecule has 4 aromatic carbocycles. The van der Waals surface area contributed by atoms with Gasteiger partial charge in [0.25, 0.3) is 5.92 Å². The van der Waals surface area contributed by atoms with E-state index in [1.54, 1.807) is 12.1 Å². The number of benzene rings is 4. The topological polar surface area (TPSA) is 30.9 Å². The molecule has 1 unspecified atom stereocenters. The summed E-state index contributed by atoms with van der Waals surface area (Å²) in [6, 6.07) is 25.9. The second kappa shape index (κ2) is 13.5. The van der Waals surface area contributed by atoms with Crippen LogP contribution in [0.15, 0.2) is 91.0 Å². The molecule has 0 bridgehead atoms. The third-order valence-corrected chi connectivity index (χ3v) is 8.91. The van der Waals surface area contributed by atoms with E-state index in [4.69, 9.17) is 14.2 Å². The summed E-state index contributed by atoms with van der Waals surface area (Å²) >= 11 is 1.28. The Bertz CT molecular complexity index is 1740. The molecule has 1 saturated heterocycles. The van der Waals surface area contributed by atoms with E-state index in [0.29, 0.717) is 40.9 Å². The molecule has 1 aliphatic rings. The molecular weight excluding hydrogens is 602 g/mol. The lowest BCUT2D eigenvalue weighted by Crippen LogP contribution is -2.26. The maximum absolute atomic E-state index is 14.8. The maximum Gasteiger partial charge on any atom is 0.271 e. The van der Waals surface area contributed by atoms with Crippen LogP contribution in [-0.2, 0) is 12.5 Å². The zero-order valence-corrected chi connectivity index (χ0v) is 25.6. The Kier molecular flexibility index (Phi) is 9.28. The number of hydrogen-bond acceptors (Lipinski definition) is 5. The Hall–Kier alpha value is -4.08. The van der Waals surface area contributed by atoms with Crippen LogP contribution < -0.4 is 14.2 Å². The lowest BCUT2D eigenvalue weighted by Gasteiger charge is -2.17. The van der Waals surface area contributed by atoms with E-state index in [0.717, 1.165) is 54.7 Å². The number of likely N-dealkylation sites (tertiary alicyclic amines) is 1. The molecule has 45 heavy (non-hydrogen) atoms. The Balaban J connectivity index is 1.29. The molecule has 1 aromatic heterocycles. The second-order valence-corrected chi connectivity index (χ2v) is 12.3. The van der Waals surface area contributed by atoms with E-state index in [1.165, 1.54) is 23.5 Å². The SMILES string of the molecule is CC(F)(F)c1cc(F)ccc1-c1sc2cc(OCc3ccccc3)ccc2c1Oc1ccc(OC2CCN(CCCF)C2)cc1. The molecule has 9 heteroatoms. The van der Waals surface area contributed by atoms with Crippen molar-refractivity contribution in [3.8, 4) is 33.4 Å². The van der Waals surface area contributed by atoms with Crippen molar-refractivity contribution in [2.45, 2.75) is 38.4 Å². The zero-order chi connectivity index (χ0) is 31.4. The van der Waals surface area contributed by atoms with Gasteiger partial charge in [-0.25, -0.2) is 13.2 Å². The van der Waals surface area contributed by atoms with Crippen molar-refractivity contribution in [2.75, 3.05) is 26.3 Å². The molecule has 1 atom stereocenters. The largest absolute Gasteiger partial charge is 0.489 e. The second-order valence-electron chi connectivity index (χ2n) is 11.2. The predicted molar refractivity (Wildman–Crippen MR) is 170 cm³/mol. The number of thiophene rings is 1. The first-order chi connectivity index (χ1) is 21.8. The minimum absolute atomic E-state index is 0.0229. The van der Waals surface area contributed by atoms with Gasteiger partial charge in [-0.3, -0.25) is 9.29 Å². The third kappa shape index (κ3) is 7.43. The van der Waals surface area contributed by atoms with Crippen LogP contribution in [0, 0.1) is 5.82 Å². The number of ether oxygens (including phenoxy) is 3. The van der Waals surface area contributed by atoms with Gasteiger partial charge in [0.1, 0.15) is 35.8 Å². The van der Waals surface area contributed by atoms with Crippen molar-refractivity contribution < 1.29 is 31.8 Å². The molecule has 0 spiro atoms. The predicted octanol–water partition coefficient (Wildman–Crippen LogP) is 10.0. The lowest BCUT2D eigenvalue weighted by molar-refractivity contribution is 0.0178. The average molecular weight is 636 g/mol. The van der Waals surface area contributed by atoms with E-state index in [1.807, 2.05) is 60.7 Å². The summed E-state index contributed by atoms with van der Waals surface area (Å²) < 4.78 is 75.6. The van der Waals surface area contributed by atoms with Gasteiger partial charge < -0.3 is 14.2 Å². The van der Waals surface area contributed by atoms with Gasteiger partial charge in [0.05, 0.1) is 11.6 Å². The van der Waals surface area contributed by atoms with Crippen LogP contribution in [0.1, 0.15) is 30.9 Å². The molecule has 1 aliphatic heterocycles. The maximum atomic E-state index is 14.8. The molecule has 0 N–H and O–H groups in total. The van der Waals surface area contributed by atoms with Crippen molar-refractivity contribution in [1.82, 2.24) is 4.90 Å². The van der Waals surface area contributed by atoms with E-state index in [2.05, 4.69) is 4.90 Å². The molecule has 6 rings (SSSR count). The Labute approximate surface area is 263 Å². The Morgan fingerprint density at radius 2 is 1.67 bits per heavy atom. The van der Waals surface area contributed by atoms with Crippen LogP contribution in [0.2, 0.25) is 0 Å². The van der Waals surface area contributed by atoms with Crippen molar-refractivity contribution in [3.63, 3.8) is 0 Å². The monoisotopic (exact) mass is 635 g/mol. The highest BCUT2D eigenvalue weighted by Crippen LogP contribution is 2.50. The van der Waals surface area contributed by atoms with Crippen LogP contribution in [0.4, 0.5) is 17.6 Å². The van der Waals surface area contributed by atoms with Crippen LogP contribution >= 0.6 is 11.3 Å². The summed E-state index contributed by atoms with van der Waals surface area (Å²) in [5.41, 5.74) is 0.801. The van der Waals surface area contributed by atoms with Crippen LogP contribution in [0.25, 0.3) is 20.5 Å². The molecule has 0 aliphatic carbocycles. The van der Waals surface area contributed by atoms with Gasteiger partial charge in [-0.2, -0.15) is 0 Å². The molecule has 5 aromatic rings. The summed E-state index contributed by atoms with van der Waals surface area (Å²) in [6.45, 7) is 3.17. The Morgan fingerprint density at radius 3 is 2.42 bits per heavy atom. The summed E-state index contributed by atoms with van der Waals surface area (Å²) in [7, 11) is 0. The fraction of sp³-hybridized carbons (Fsp3) is 0.278. The summed E-state index contributed by atoms with van der Waals surface area (Å²) in [5.74, 6) is -1.82. The summed E-state index contributed by atoms with van der Waals surface area (Å²) in [6.07, 6.45) is 1.42. The number of rotatable bonds is 12. The molecule has 0 saturated carbocycles. The summed E-state index contributed by atoms with van der Waals surface area (Å²) in [4.78, 5) is 2.66. The molecule has 0 radical (unpaired) electrons. The molecule has 0 amide bonds.